The zero-order valence-corrected chi connectivity index (χ0v) is 15.3. The third kappa shape index (κ3) is 6.17. The van der Waals surface area contributed by atoms with E-state index in [0.29, 0.717) is 18.2 Å². The van der Waals surface area contributed by atoms with Gasteiger partial charge in [-0.2, -0.15) is 0 Å². The van der Waals surface area contributed by atoms with E-state index in [-0.39, 0.29) is 36.7 Å². The fraction of sp³-hybridized carbons (Fsp3) is 0.300. The van der Waals surface area contributed by atoms with Gasteiger partial charge in [-0.25, -0.2) is 0 Å². The molecule has 6 heteroatoms. The molecule has 2 amide bonds. The SMILES string of the molecule is Cl.NC(CC(=O)Nc1ccc(CC(=O)NC2CC2)cc1)c1ccccc1. The van der Waals surface area contributed by atoms with Crippen LogP contribution in [0.5, 0.6) is 0 Å². The Morgan fingerprint density at radius 1 is 1.00 bits per heavy atom. The first kappa shape index (κ1) is 19.9. The zero-order valence-electron chi connectivity index (χ0n) is 14.5. The zero-order chi connectivity index (χ0) is 17.6. The van der Waals surface area contributed by atoms with Crippen LogP contribution in [0.3, 0.4) is 0 Å². The molecule has 0 aromatic heterocycles. The van der Waals surface area contributed by atoms with Gasteiger partial charge in [0, 0.05) is 24.2 Å². The van der Waals surface area contributed by atoms with Gasteiger partial charge < -0.3 is 16.4 Å². The minimum atomic E-state index is -0.327. The second kappa shape index (κ2) is 9.36. The second-order valence-electron chi connectivity index (χ2n) is 6.48. The summed E-state index contributed by atoms with van der Waals surface area (Å²) in [5, 5.41) is 5.81. The van der Waals surface area contributed by atoms with Crippen molar-refractivity contribution in [3.63, 3.8) is 0 Å². The molecule has 3 rings (SSSR count). The smallest absolute Gasteiger partial charge is 0.226 e. The Morgan fingerprint density at radius 2 is 1.65 bits per heavy atom. The summed E-state index contributed by atoms with van der Waals surface area (Å²) in [6, 6.07) is 17.0. The number of nitrogens with two attached hydrogens (primary N) is 1. The molecule has 2 aromatic rings. The van der Waals surface area contributed by atoms with Gasteiger partial charge in [0.05, 0.1) is 6.42 Å². The monoisotopic (exact) mass is 373 g/mol. The highest BCUT2D eigenvalue weighted by molar-refractivity contribution is 5.91. The van der Waals surface area contributed by atoms with E-state index < -0.39 is 0 Å². The molecule has 1 aliphatic carbocycles. The highest BCUT2D eigenvalue weighted by Gasteiger charge is 2.23. The first-order valence-electron chi connectivity index (χ1n) is 8.59. The third-order valence-corrected chi connectivity index (χ3v) is 4.18. The summed E-state index contributed by atoms with van der Waals surface area (Å²) >= 11 is 0. The van der Waals surface area contributed by atoms with Crippen LogP contribution >= 0.6 is 12.4 Å². The lowest BCUT2D eigenvalue weighted by atomic mass is 10.0. The van der Waals surface area contributed by atoms with Crippen LogP contribution in [0.15, 0.2) is 54.6 Å². The van der Waals surface area contributed by atoms with Gasteiger partial charge >= 0.3 is 0 Å². The number of hydrogen-bond donors (Lipinski definition) is 3. The lowest BCUT2D eigenvalue weighted by molar-refractivity contribution is -0.120. The Kier molecular flexibility index (Phi) is 7.18. The summed E-state index contributed by atoms with van der Waals surface area (Å²) < 4.78 is 0. The van der Waals surface area contributed by atoms with Crippen molar-refractivity contribution in [2.24, 2.45) is 5.73 Å². The lowest BCUT2D eigenvalue weighted by Crippen LogP contribution is -2.26. The summed E-state index contributed by atoms with van der Waals surface area (Å²) in [6.07, 6.45) is 2.75. The van der Waals surface area contributed by atoms with Gasteiger partial charge in [0.2, 0.25) is 11.8 Å². The van der Waals surface area contributed by atoms with E-state index in [4.69, 9.17) is 5.73 Å². The molecule has 0 heterocycles. The number of rotatable bonds is 7. The van der Waals surface area contributed by atoms with Crippen molar-refractivity contribution in [3.05, 3.63) is 65.7 Å². The van der Waals surface area contributed by atoms with Gasteiger partial charge in [-0.1, -0.05) is 42.5 Å². The van der Waals surface area contributed by atoms with Crippen molar-refractivity contribution < 1.29 is 9.59 Å². The van der Waals surface area contributed by atoms with Crippen LogP contribution in [0.4, 0.5) is 5.69 Å². The number of nitrogens with one attached hydrogen (secondary N) is 2. The molecule has 5 nitrogen and oxygen atoms in total. The second-order valence-corrected chi connectivity index (χ2v) is 6.48. The van der Waals surface area contributed by atoms with Crippen molar-refractivity contribution in [1.29, 1.82) is 0 Å². The van der Waals surface area contributed by atoms with E-state index in [9.17, 15) is 9.59 Å². The first-order chi connectivity index (χ1) is 12.1. The van der Waals surface area contributed by atoms with E-state index in [2.05, 4.69) is 10.6 Å². The van der Waals surface area contributed by atoms with Gasteiger partial charge in [0.1, 0.15) is 0 Å². The van der Waals surface area contributed by atoms with Crippen molar-refractivity contribution >= 4 is 29.9 Å². The minimum absolute atomic E-state index is 0. The summed E-state index contributed by atoms with van der Waals surface area (Å²) in [6.45, 7) is 0. The van der Waals surface area contributed by atoms with E-state index >= 15 is 0 Å². The Bertz CT molecular complexity index is 730. The maximum Gasteiger partial charge on any atom is 0.226 e. The molecule has 2 aromatic carbocycles. The topological polar surface area (TPSA) is 84.2 Å². The summed E-state index contributed by atoms with van der Waals surface area (Å²) in [4.78, 5) is 23.9. The largest absolute Gasteiger partial charge is 0.353 e. The van der Waals surface area contributed by atoms with Gasteiger partial charge in [-0.05, 0) is 36.1 Å². The quantitative estimate of drug-likeness (QED) is 0.697. The van der Waals surface area contributed by atoms with Crippen molar-refractivity contribution in [1.82, 2.24) is 5.32 Å². The highest BCUT2D eigenvalue weighted by Crippen LogP contribution is 2.19. The maximum absolute atomic E-state index is 12.1. The molecule has 0 aliphatic heterocycles. The predicted molar refractivity (Wildman–Crippen MR) is 105 cm³/mol. The third-order valence-electron chi connectivity index (χ3n) is 4.18. The molecule has 26 heavy (non-hydrogen) atoms. The molecular formula is C20H24ClN3O2. The molecule has 0 radical (unpaired) electrons. The molecule has 1 saturated carbocycles. The van der Waals surface area contributed by atoms with E-state index in [0.717, 1.165) is 24.0 Å². The standard InChI is InChI=1S/C20H23N3O2.ClH/c21-18(15-4-2-1-3-5-15)13-20(25)23-16-8-6-14(7-9-16)12-19(24)22-17-10-11-17;/h1-9,17-18H,10-13,21H2,(H,22,24)(H,23,25);1H. The summed E-state index contributed by atoms with van der Waals surface area (Å²) in [7, 11) is 0. The highest BCUT2D eigenvalue weighted by atomic mass is 35.5. The number of benzene rings is 2. The van der Waals surface area contributed by atoms with Gasteiger partial charge in [-0.15, -0.1) is 12.4 Å². The van der Waals surface area contributed by atoms with E-state index in [1.807, 2.05) is 54.6 Å². The Hall–Kier alpha value is -2.37. The molecule has 1 fully saturated rings. The average molecular weight is 374 g/mol. The number of halogens is 1. The summed E-state index contributed by atoms with van der Waals surface area (Å²) in [5.41, 5.74) is 8.64. The predicted octanol–water partition coefficient (Wildman–Crippen LogP) is 2.96. The molecule has 1 atom stereocenters. The van der Waals surface area contributed by atoms with Crippen LogP contribution in [0.1, 0.15) is 36.4 Å². The fourth-order valence-corrected chi connectivity index (χ4v) is 2.63. The van der Waals surface area contributed by atoms with Crippen LogP contribution in [-0.2, 0) is 16.0 Å². The molecule has 4 N–H and O–H groups in total. The Labute approximate surface area is 159 Å². The van der Waals surface area contributed by atoms with Crippen LogP contribution in [0, 0.1) is 0 Å². The molecular weight excluding hydrogens is 350 g/mol. The molecule has 1 unspecified atom stereocenters. The van der Waals surface area contributed by atoms with Crippen LogP contribution < -0.4 is 16.4 Å². The average Bonchev–Trinajstić information content (AvgIpc) is 3.41. The summed E-state index contributed by atoms with van der Waals surface area (Å²) in [5.74, 6) is -0.0799. The van der Waals surface area contributed by atoms with Crippen molar-refractivity contribution in [3.8, 4) is 0 Å². The number of anilines is 1. The molecule has 0 bridgehead atoms. The minimum Gasteiger partial charge on any atom is -0.353 e. The maximum atomic E-state index is 12.1. The Morgan fingerprint density at radius 3 is 2.27 bits per heavy atom. The number of carbonyl (C=O) groups excluding carboxylic acids is 2. The number of hydrogen-bond acceptors (Lipinski definition) is 3. The van der Waals surface area contributed by atoms with Crippen LogP contribution in [-0.4, -0.2) is 17.9 Å². The fourth-order valence-electron chi connectivity index (χ4n) is 2.63. The molecule has 0 saturated heterocycles. The Balaban J connectivity index is 0.00000243. The van der Waals surface area contributed by atoms with Crippen molar-refractivity contribution in [2.45, 2.75) is 37.8 Å². The molecule has 0 spiro atoms. The molecule has 1 aliphatic rings. The number of amides is 2. The van der Waals surface area contributed by atoms with E-state index in [1.165, 1.54) is 0 Å². The normalized spacial score (nSPS) is 14.0. The van der Waals surface area contributed by atoms with Gasteiger partial charge in [0.15, 0.2) is 0 Å². The van der Waals surface area contributed by atoms with E-state index in [1.54, 1.807) is 0 Å². The van der Waals surface area contributed by atoms with Gasteiger partial charge in [0.25, 0.3) is 0 Å². The molecule has 138 valence electrons. The van der Waals surface area contributed by atoms with Crippen LogP contribution in [0.25, 0.3) is 0 Å². The van der Waals surface area contributed by atoms with Gasteiger partial charge in [-0.3, -0.25) is 9.59 Å². The first-order valence-corrected chi connectivity index (χ1v) is 8.59. The lowest BCUT2D eigenvalue weighted by Gasteiger charge is -2.12. The van der Waals surface area contributed by atoms with Crippen LogP contribution in [0.2, 0.25) is 0 Å². The van der Waals surface area contributed by atoms with Crippen molar-refractivity contribution in [2.75, 3.05) is 5.32 Å². The number of carbonyl (C=O) groups is 2.